The molecule has 0 atom stereocenters. The van der Waals surface area contributed by atoms with E-state index in [0.29, 0.717) is 13.2 Å². The van der Waals surface area contributed by atoms with Crippen LogP contribution in [0.4, 0.5) is 0 Å². The standard InChI is InChI=1S/C32H40N6O2S2/c1-37(2)13-17-41-19-15-39-25-9-11-27-29(21-25)35-31(33-27)23-5-7-24(8-6-23)32-34-28-12-10-26(22-30(28)36-32)40-16-20-42-18-14-38(3)4/h5-12,21-22H,13-20H2,1-4H3,(H,33,35)(H,34,36). The van der Waals surface area contributed by atoms with Gasteiger partial charge in [0.2, 0.25) is 0 Å². The third-order valence-electron chi connectivity index (χ3n) is 6.70. The average molecular weight is 605 g/mol. The Hall–Kier alpha value is -3.18. The van der Waals surface area contributed by atoms with Gasteiger partial charge in [0.1, 0.15) is 23.1 Å². The van der Waals surface area contributed by atoms with Gasteiger partial charge in [0.15, 0.2) is 0 Å². The van der Waals surface area contributed by atoms with E-state index in [2.05, 4.69) is 72.2 Å². The molecule has 0 spiro atoms. The second-order valence-electron chi connectivity index (χ2n) is 10.6. The van der Waals surface area contributed by atoms with Crippen molar-refractivity contribution in [3.05, 3.63) is 60.7 Å². The van der Waals surface area contributed by atoms with Gasteiger partial charge in [-0.3, -0.25) is 0 Å². The molecular formula is C32H40N6O2S2. The Balaban J connectivity index is 1.17. The van der Waals surface area contributed by atoms with Crippen LogP contribution < -0.4 is 9.47 Å². The molecule has 2 aromatic heterocycles. The number of aromatic nitrogens is 4. The first-order chi connectivity index (χ1) is 20.4. The van der Waals surface area contributed by atoms with Crippen LogP contribution in [0.1, 0.15) is 0 Å². The smallest absolute Gasteiger partial charge is 0.138 e. The predicted octanol–water partition coefficient (Wildman–Crippen LogP) is 6.12. The zero-order valence-electron chi connectivity index (χ0n) is 24.9. The first-order valence-corrected chi connectivity index (χ1v) is 16.6. The van der Waals surface area contributed by atoms with Gasteiger partial charge in [-0.1, -0.05) is 24.3 Å². The van der Waals surface area contributed by atoms with Gasteiger partial charge in [-0.05, 0) is 52.5 Å². The number of aromatic amines is 2. The van der Waals surface area contributed by atoms with E-state index in [1.165, 1.54) is 0 Å². The fourth-order valence-electron chi connectivity index (χ4n) is 4.35. The highest BCUT2D eigenvalue weighted by atomic mass is 32.2. The van der Waals surface area contributed by atoms with Crippen LogP contribution in [0.5, 0.6) is 11.5 Å². The largest absolute Gasteiger partial charge is 0.493 e. The Morgan fingerprint density at radius 2 is 1.02 bits per heavy atom. The maximum atomic E-state index is 5.97. The molecule has 10 heteroatoms. The van der Waals surface area contributed by atoms with Crippen molar-refractivity contribution in [1.82, 2.24) is 29.7 Å². The van der Waals surface area contributed by atoms with Crippen LogP contribution in [-0.2, 0) is 0 Å². The van der Waals surface area contributed by atoms with Crippen molar-refractivity contribution in [3.8, 4) is 34.3 Å². The maximum absolute atomic E-state index is 5.97. The number of thioether (sulfide) groups is 2. The Labute approximate surface area is 256 Å². The SMILES string of the molecule is CN(C)CCSCCOc1ccc2nc(-c3ccc(-c4nc5ccc(OCCSCCN(C)C)cc5[nH]4)cc3)[nH]c2c1. The lowest BCUT2D eigenvalue weighted by atomic mass is 10.1. The molecule has 5 aromatic rings. The lowest BCUT2D eigenvalue weighted by molar-refractivity contribution is 0.344. The van der Waals surface area contributed by atoms with Gasteiger partial charge in [-0.25, -0.2) is 9.97 Å². The summed E-state index contributed by atoms with van der Waals surface area (Å²) in [4.78, 5) is 20.9. The maximum Gasteiger partial charge on any atom is 0.138 e. The van der Waals surface area contributed by atoms with Gasteiger partial charge in [0.25, 0.3) is 0 Å². The molecule has 0 unspecified atom stereocenters. The Morgan fingerprint density at radius 3 is 1.43 bits per heavy atom. The Morgan fingerprint density at radius 1 is 0.595 bits per heavy atom. The van der Waals surface area contributed by atoms with Crippen LogP contribution in [0.2, 0.25) is 0 Å². The van der Waals surface area contributed by atoms with Crippen LogP contribution in [0, 0.1) is 0 Å². The Bertz CT molecular complexity index is 1450. The summed E-state index contributed by atoms with van der Waals surface area (Å²) in [6, 6.07) is 20.4. The summed E-state index contributed by atoms with van der Waals surface area (Å²) in [6.45, 7) is 3.55. The molecule has 222 valence electrons. The van der Waals surface area contributed by atoms with E-state index in [-0.39, 0.29) is 0 Å². The quantitative estimate of drug-likeness (QED) is 0.130. The number of ether oxygens (including phenoxy) is 2. The molecule has 2 heterocycles. The number of fused-ring (bicyclic) bond motifs is 2. The van der Waals surface area contributed by atoms with Crippen molar-refractivity contribution in [3.63, 3.8) is 0 Å². The molecule has 0 saturated carbocycles. The third kappa shape index (κ3) is 8.44. The summed E-state index contributed by atoms with van der Waals surface area (Å²) in [5.41, 5.74) is 5.81. The molecule has 0 aliphatic carbocycles. The number of hydrogen-bond acceptors (Lipinski definition) is 8. The first-order valence-electron chi connectivity index (χ1n) is 14.3. The highest BCUT2D eigenvalue weighted by Gasteiger charge is 2.10. The number of nitrogens with one attached hydrogen (secondary N) is 2. The van der Waals surface area contributed by atoms with Crippen molar-refractivity contribution < 1.29 is 9.47 Å². The number of hydrogen-bond donors (Lipinski definition) is 2. The van der Waals surface area contributed by atoms with E-state index < -0.39 is 0 Å². The van der Waals surface area contributed by atoms with Crippen LogP contribution in [0.25, 0.3) is 44.8 Å². The molecular weight excluding hydrogens is 565 g/mol. The summed E-state index contributed by atoms with van der Waals surface area (Å²) in [5, 5.41) is 0. The minimum Gasteiger partial charge on any atom is -0.493 e. The van der Waals surface area contributed by atoms with Crippen molar-refractivity contribution >= 4 is 45.6 Å². The fourth-order valence-corrected chi connectivity index (χ4v) is 6.15. The molecule has 0 amide bonds. The fraction of sp³-hybridized carbons (Fsp3) is 0.375. The molecule has 0 bridgehead atoms. The molecule has 0 aliphatic rings. The predicted molar refractivity (Wildman–Crippen MR) is 179 cm³/mol. The van der Waals surface area contributed by atoms with Gasteiger partial charge in [-0.15, -0.1) is 0 Å². The van der Waals surface area contributed by atoms with E-state index in [1.807, 2.05) is 59.9 Å². The molecule has 0 saturated heterocycles. The van der Waals surface area contributed by atoms with Crippen molar-refractivity contribution in [2.75, 3.05) is 77.5 Å². The van der Waals surface area contributed by atoms with E-state index in [9.17, 15) is 0 Å². The summed E-state index contributed by atoms with van der Waals surface area (Å²) in [5.74, 6) is 7.56. The molecule has 42 heavy (non-hydrogen) atoms. The lowest BCUT2D eigenvalue weighted by Crippen LogP contribution is -2.15. The highest BCUT2D eigenvalue weighted by Crippen LogP contribution is 2.28. The van der Waals surface area contributed by atoms with Crippen LogP contribution in [0.15, 0.2) is 60.7 Å². The van der Waals surface area contributed by atoms with E-state index >= 15 is 0 Å². The van der Waals surface area contributed by atoms with Gasteiger partial charge in [-0.2, -0.15) is 23.5 Å². The first kappa shape index (κ1) is 30.3. The van der Waals surface area contributed by atoms with Gasteiger partial charge in [0.05, 0.1) is 35.3 Å². The number of rotatable bonds is 16. The zero-order valence-corrected chi connectivity index (χ0v) is 26.5. The molecule has 5 rings (SSSR count). The van der Waals surface area contributed by atoms with E-state index in [4.69, 9.17) is 19.4 Å². The van der Waals surface area contributed by atoms with Crippen LogP contribution in [0.3, 0.4) is 0 Å². The summed E-state index contributed by atoms with van der Waals surface area (Å²) >= 11 is 3.82. The molecule has 0 aliphatic heterocycles. The second kappa shape index (κ2) is 14.8. The third-order valence-corrected chi connectivity index (χ3v) is 8.55. The monoisotopic (exact) mass is 604 g/mol. The van der Waals surface area contributed by atoms with Crippen LogP contribution in [-0.4, -0.2) is 107 Å². The normalized spacial score (nSPS) is 11.8. The summed E-state index contributed by atoms with van der Waals surface area (Å²) in [6.07, 6.45) is 0. The van der Waals surface area contributed by atoms with Crippen LogP contribution >= 0.6 is 23.5 Å². The minimum atomic E-state index is 0.693. The lowest BCUT2D eigenvalue weighted by Gasteiger charge is -2.09. The van der Waals surface area contributed by atoms with Crippen molar-refractivity contribution in [2.24, 2.45) is 0 Å². The van der Waals surface area contributed by atoms with Crippen molar-refractivity contribution in [2.45, 2.75) is 0 Å². The Kier molecular flexibility index (Phi) is 10.7. The second-order valence-corrected chi connectivity index (χ2v) is 13.1. The molecule has 0 radical (unpaired) electrons. The van der Waals surface area contributed by atoms with Crippen molar-refractivity contribution in [1.29, 1.82) is 0 Å². The topological polar surface area (TPSA) is 82.3 Å². The van der Waals surface area contributed by atoms with E-state index in [1.54, 1.807) is 0 Å². The number of nitrogens with zero attached hydrogens (tertiary/aromatic N) is 4. The number of imidazole rings is 2. The van der Waals surface area contributed by atoms with E-state index in [0.717, 1.165) is 92.4 Å². The van der Waals surface area contributed by atoms with Gasteiger partial charge >= 0.3 is 0 Å². The average Bonchev–Trinajstić information content (AvgIpc) is 3.60. The number of H-pyrrole nitrogens is 2. The number of benzene rings is 3. The molecule has 8 nitrogen and oxygen atoms in total. The molecule has 3 aromatic carbocycles. The van der Waals surface area contributed by atoms with Gasteiger partial charge < -0.3 is 29.2 Å². The molecule has 2 N–H and O–H groups in total. The summed E-state index contributed by atoms with van der Waals surface area (Å²) < 4.78 is 11.9. The zero-order chi connectivity index (χ0) is 29.3. The highest BCUT2D eigenvalue weighted by molar-refractivity contribution is 7.99. The molecule has 0 fully saturated rings. The van der Waals surface area contributed by atoms with Gasteiger partial charge in [0, 0.05) is 59.4 Å². The minimum absolute atomic E-state index is 0.693. The summed E-state index contributed by atoms with van der Waals surface area (Å²) in [7, 11) is 8.39.